The normalized spacial score (nSPS) is 13.9. The molecule has 0 bridgehead atoms. The Hall–Kier alpha value is -2.56. The van der Waals surface area contributed by atoms with Gasteiger partial charge in [0.1, 0.15) is 0 Å². The van der Waals surface area contributed by atoms with Gasteiger partial charge in [-0.25, -0.2) is 20.1 Å². The quantitative estimate of drug-likeness (QED) is 0.179. The Morgan fingerprint density at radius 2 is 0.658 bits per heavy atom. The van der Waals surface area contributed by atoms with E-state index in [4.69, 9.17) is 0 Å². The van der Waals surface area contributed by atoms with Crippen LogP contribution in [-0.2, 0) is 0 Å². The smallest absolute Gasteiger partial charge is 0.0559 e. The van der Waals surface area contributed by atoms with Gasteiger partial charge in [-0.2, -0.15) is 0 Å². The van der Waals surface area contributed by atoms with Crippen molar-refractivity contribution in [2.24, 2.45) is 0 Å². The van der Waals surface area contributed by atoms with E-state index in [0.717, 1.165) is 0 Å². The van der Waals surface area contributed by atoms with Gasteiger partial charge in [-0.15, -0.1) is 0 Å². The predicted octanol–water partition coefficient (Wildman–Crippen LogP) is 10.6. The van der Waals surface area contributed by atoms with Crippen LogP contribution in [0.25, 0.3) is 54.1 Å². The van der Waals surface area contributed by atoms with Crippen LogP contribution >= 0.6 is 20.1 Å². The zero-order chi connectivity index (χ0) is 26.7. The molecule has 6 rings (SSSR count). The van der Waals surface area contributed by atoms with Crippen molar-refractivity contribution in [2.45, 2.75) is 51.6 Å². The molecule has 4 heteroatoms. The third-order valence-electron chi connectivity index (χ3n) is 9.59. The molecule has 0 aliphatic carbocycles. The van der Waals surface area contributed by atoms with Crippen molar-refractivity contribution in [1.29, 1.82) is 0 Å². The zero-order valence-electron chi connectivity index (χ0n) is 23.8. The number of hydrogen-bond acceptors (Lipinski definition) is 0. The average molecular weight is 543 g/mol. The van der Waals surface area contributed by atoms with Crippen LogP contribution in [0.5, 0.6) is 0 Å². The minimum absolute atomic E-state index is 0.783. The number of aromatic amines is 2. The van der Waals surface area contributed by atoms with Gasteiger partial charge in [0.2, 0.25) is 0 Å². The van der Waals surface area contributed by atoms with Crippen LogP contribution in [0.2, 0.25) is 0 Å². The summed E-state index contributed by atoms with van der Waals surface area (Å²) in [6, 6.07) is 23.7. The maximum absolute atomic E-state index is 3.84. The van der Waals surface area contributed by atoms with Crippen LogP contribution < -0.4 is 0 Å². The van der Waals surface area contributed by atoms with Crippen molar-refractivity contribution in [1.82, 2.24) is 9.97 Å². The van der Waals surface area contributed by atoms with E-state index in [0.29, 0.717) is 0 Å². The van der Waals surface area contributed by atoms with E-state index in [-0.39, 0.29) is 0 Å². The van der Waals surface area contributed by atoms with E-state index >= 15 is 0 Å². The fourth-order valence-electron chi connectivity index (χ4n) is 6.84. The highest BCUT2D eigenvalue weighted by atomic mass is 32.3. The number of hydrogen-bond donors (Lipinski definition) is 2. The highest BCUT2D eigenvalue weighted by molar-refractivity contribution is 8.34. The third-order valence-corrected chi connectivity index (χ3v) is 18.5. The molecule has 6 aromatic rings. The van der Waals surface area contributed by atoms with Gasteiger partial charge in [-0.3, -0.25) is 0 Å². The number of benzene rings is 4. The Morgan fingerprint density at radius 3 is 0.947 bits per heavy atom. The molecule has 0 atom stereocenters. The van der Waals surface area contributed by atoms with Crippen LogP contribution in [0, 0.1) is 0 Å². The first-order valence-corrected chi connectivity index (χ1v) is 18.7. The van der Waals surface area contributed by atoms with E-state index in [1.807, 2.05) is 0 Å². The van der Waals surface area contributed by atoms with Gasteiger partial charge in [-0.1, -0.05) is 77.9 Å². The summed E-state index contributed by atoms with van der Waals surface area (Å²) in [7, 11) is -1.57. The molecule has 200 valence electrons. The fourth-order valence-corrected chi connectivity index (χ4v) is 12.5. The van der Waals surface area contributed by atoms with Gasteiger partial charge in [0, 0.05) is 21.8 Å². The summed E-state index contributed by atoms with van der Waals surface area (Å²) >= 11 is 0. The van der Waals surface area contributed by atoms with E-state index < -0.39 is 20.1 Å². The third kappa shape index (κ3) is 3.56. The molecule has 2 nitrogen and oxygen atoms in total. The number of aromatic nitrogens is 2. The summed E-state index contributed by atoms with van der Waals surface area (Å²) in [5, 5.41) is 13.8. The Bertz CT molecular complexity index is 1650. The van der Waals surface area contributed by atoms with E-state index in [9.17, 15) is 0 Å². The standard InChI is InChI=1S/C34H42N2S2/c1-7-37(8-2,9-3)33-21-29-27-15-13-24-23(25(27)17-19-31(29)35-33)14-16-28-26(24)18-20-32-30(28)22-34(36-32)38(10-4,11-5)12-6/h13-22,35-36H,7-12H2,1-6H3. The fraction of sp³-hybridized carbons (Fsp3) is 0.353. The molecule has 0 amide bonds. The molecule has 0 saturated heterocycles. The topological polar surface area (TPSA) is 31.6 Å². The summed E-state index contributed by atoms with van der Waals surface area (Å²) in [5.74, 6) is 7.45. The second kappa shape index (κ2) is 9.57. The second-order valence-corrected chi connectivity index (χ2v) is 19.1. The molecule has 0 aliphatic rings. The molecular formula is C34H42N2S2. The Balaban J connectivity index is 1.57. The van der Waals surface area contributed by atoms with Gasteiger partial charge in [0.15, 0.2) is 0 Å². The summed E-state index contributed by atoms with van der Waals surface area (Å²) in [6.07, 6.45) is 0. The van der Waals surface area contributed by atoms with E-state index in [1.54, 1.807) is 0 Å². The van der Waals surface area contributed by atoms with Crippen molar-refractivity contribution in [3.05, 3.63) is 60.7 Å². The molecular weight excluding hydrogens is 501 g/mol. The van der Waals surface area contributed by atoms with Gasteiger partial charge in [-0.05, 0) is 91.1 Å². The summed E-state index contributed by atoms with van der Waals surface area (Å²) in [5.41, 5.74) is 2.55. The first-order chi connectivity index (χ1) is 18.5. The van der Waals surface area contributed by atoms with Gasteiger partial charge in [0.25, 0.3) is 0 Å². The summed E-state index contributed by atoms with van der Waals surface area (Å²) < 4.78 is 0. The lowest BCUT2D eigenvalue weighted by Gasteiger charge is -2.36. The van der Waals surface area contributed by atoms with Crippen LogP contribution in [0.1, 0.15) is 41.5 Å². The Labute approximate surface area is 230 Å². The molecule has 0 radical (unpaired) electrons. The second-order valence-electron chi connectivity index (χ2n) is 10.6. The first kappa shape index (κ1) is 25.7. The molecule has 2 N–H and O–H groups in total. The number of H-pyrrole nitrogens is 2. The van der Waals surface area contributed by atoms with Gasteiger partial charge in [0.05, 0.1) is 10.1 Å². The van der Waals surface area contributed by atoms with Crippen LogP contribution in [0.4, 0.5) is 0 Å². The summed E-state index contributed by atoms with van der Waals surface area (Å²) in [4.78, 5) is 7.69. The molecule has 0 fully saturated rings. The maximum Gasteiger partial charge on any atom is 0.0559 e. The molecule has 0 spiro atoms. The van der Waals surface area contributed by atoms with E-state index in [2.05, 4.69) is 112 Å². The molecule has 2 heterocycles. The highest BCUT2D eigenvalue weighted by Gasteiger charge is 2.24. The Kier molecular flexibility index (Phi) is 6.47. The lowest BCUT2D eigenvalue weighted by Crippen LogP contribution is -2.09. The minimum atomic E-state index is -0.783. The van der Waals surface area contributed by atoms with Crippen molar-refractivity contribution in [2.75, 3.05) is 34.5 Å². The van der Waals surface area contributed by atoms with Crippen molar-refractivity contribution < 1.29 is 0 Å². The number of rotatable bonds is 8. The molecule has 4 aromatic carbocycles. The van der Waals surface area contributed by atoms with Crippen molar-refractivity contribution >= 4 is 74.2 Å². The minimum Gasteiger partial charge on any atom is -0.351 e. The lowest BCUT2D eigenvalue weighted by molar-refractivity contribution is 1.17. The molecule has 38 heavy (non-hydrogen) atoms. The molecule has 0 aliphatic heterocycles. The monoisotopic (exact) mass is 542 g/mol. The Morgan fingerprint density at radius 1 is 0.395 bits per heavy atom. The van der Waals surface area contributed by atoms with Crippen LogP contribution in [-0.4, -0.2) is 44.5 Å². The predicted molar refractivity (Wildman–Crippen MR) is 178 cm³/mol. The SMILES string of the molecule is CCS(CC)(CC)c1cc2c(ccc3c2ccc2c4ccc5[nH]c(S(CC)(CC)CC)cc5c4ccc32)[nH]1. The van der Waals surface area contributed by atoms with Gasteiger partial charge < -0.3 is 9.97 Å². The lowest BCUT2D eigenvalue weighted by atomic mass is 9.95. The number of nitrogens with one attached hydrogen (secondary N) is 2. The van der Waals surface area contributed by atoms with E-state index in [1.165, 1.54) is 98.7 Å². The molecule has 0 saturated carbocycles. The van der Waals surface area contributed by atoms with Gasteiger partial charge >= 0.3 is 0 Å². The zero-order valence-corrected chi connectivity index (χ0v) is 25.5. The van der Waals surface area contributed by atoms with Crippen LogP contribution in [0.3, 0.4) is 0 Å². The first-order valence-electron chi connectivity index (χ1n) is 14.4. The maximum atomic E-state index is 3.84. The van der Waals surface area contributed by atoms with Crippen molar-refractivity contribution in [3.63, 3.8) is 0 Å². The molecule has 0 unspecified atom stereocenters. The largest absolute Gasteiger partial charge is 0.351 e. The molecule has 2 aromatic heterocycles. The van der Waals surface area contributed by atoms with Crippen LogP contribution in [0.15, 0.2) is 70.7 Å². The highest BCUT2D eigenvalue weighted by Crippen LogP contribution is 2.56. The average Bonchev–Trinajstić information content (AvgIpc) is 3.61. The summed E-state index contributed by atoms with van der Waals surface area (Å²) in [6.45, 7) is 14.2. The number of fused-ring (bicyclic) bond motifs is 9. The van der Waals surface area contributed by atoms with Crippen molar-refractivity contribution in [3.8, 4) is 0 Å².